The molecule has 2 rings (SSSR count). The summed E-state index contributed by atoms with van der Waals surface area (Å²) in [5.74, 6) is -1.77. The van der Waals surface area contributed by atoms with Crippen LogP contribution in [0.1, 0.15) is 10.4 Å². The number of esters is 1. The number of hydrogen-bond donors (Lipinski definition) is 1. The molecule has 0 unspecified atom stereocenters. The zero-order valence-corrected chi connectivity index (χ0v) is 16.5. The van der Waals surface area contributed by atoms with Gasteiger partial charge in [0.15, 0.2) is 16.4 Å². The zero-order chi connectivity index (χ0) is 21.1. The fraction of sp³-hybridized carbons (Fsp3) is 0.125. The minimum Gasteiger partial charge on any atom is -0.452 e. The molecule has 12 heteroatoms. The lowest BCUT2D eigenvalue weighted by atomic mass is 10.2. The number of benzene rings is 2. The van der Waals surface area contributed by atoms with E-state index >= 15 is 0 Å². The predicted molar refractivity (Wildman–Crippen MR) is 102 cm³/mol. The molecule has 0 radical (unpaired) electrons. The number of rotatable bonds is 6. The summed E-state index contributed by atoms with van der Waals surface area (Å²) in [6.07, 6.45) is 0.804. The number of carbonyl (C=O) groups is 2. The first-order chi connectivity index (χ1) is 13.0. The highest BCUT2D eigenvalue weighted by molar-refractivity contribution is 7.90. The summed E-state index contributed by atoms with van der Waals surface area (Å²) < 4.78 is 28.0. The van der Waals surface area contributed by atoms with E-state index in [9.17, 15) is 28.1 Å². The Morgan fingerprint density at radius 3 is 2.46 bits per heavy atom. The SMILES string of the molecule is CS(=O)(=O)c1ccc(C(=O)OCC(=O)Nc2cc(Cl)ccc2Cl)cc1[N+](=O)[O-]. The molecule has 0 heterocycles. The van der Waals surface area contributed by atoms with Crippen LogP contribution >= 0.6 is 23.2 Å². The van der Waals surface area contributed by atoms with E-state index in [1.807, 2.05) is 0 Å². The van der Waals surface area contributed by atoms with Crippen molar-refractivity contribution in [3.63, 3.8) is 0 Å². The molecule has 0 fully saturated rings. The Morgan fingerprint density at radius 2 is 1.86 bits per heavy atom. The number of hydrogen-bond acceptors (Lipinski definition) is 7. The quantitative estimate of drug-likeness (QED) is 0.409. The van der Waals surface area contributed by atoms with Gasteiger partial charge in [-0.1, -0.05) is 23.2 Å². The molecule has 0 bridgehead atoms. The third kappa shape index (κ3) is 5.41. The van der Waals surface area contributed by atoms with Crippen LogP contribution in [0.3, 0.4) is 0 Å². The van der Waals surface area contributed by atoms with E-state index in [0.29, 0.717) is 5.02 Å². The number of ether oxygens (including phenoxy) is 1. The van der Waals surface area contributed by atoms with Gasteiger partial charge < -0.3 is 10.1 Å². The standard InChI is InChI=1S/C16H12Cl2N2O7S/c1-28(25,26)14-5-2-9(6-13(14)20(23)24)16(22)27-8-15(21)19-12-7-10(17)3-4-11(12)18/h2-7H,8H2,1H3,(H,19,21). The molecular weight excluding hydrogens is 435 g/mol. The highest BCUT2D eigenvalue weighted by Crippen LogP contribution is 2.26. The molecule has 0 saturated heterocycles. The maximum absolute atomic E-state index is 12.0. The fourth-order valence-electron chi connectivity index (χ4n) is 2.09. The molecule has 0 saturated carbocycles. The van der Waals surface area contributed by atoms with E-state index in [1.165, 1.54) is 18.2 Å². The van der Waals surface area contributed by atoms with Gasteiger partial charge in [-0.2, -0.15) is 0 Å². The van der Waals surface area contributed by atoms with Gasteiger partial charge in [-0.25, -0.2) is 13.2 Å². The Balaban J connectivity index is 2.10. The lowest BCUT2D eigenvalue weighted by molar-refractivity contribution is -0.387. The molecule has 148 valence electrons. The van der Waals surface area contributed by atoms with Crippen molar-refractivity contribution in [2.24, 2.45) is 0 Å². The van der Waals surface area contributed by atoms with Crippen molar-refractivity contribution in [1.82, 2.24) is 0 Å². The van der Waals surface area contributed by atoms with Gasteiger partial charge in [0.2, 0.25) is 0 Å². The summed E-state index contributed by atoms with van der Waals surface area (Å²) >= 11 is 11.7. The summed E-state index contributed by atoms with van der Waals surface area (Å²) in [6, 6.07) is 7.13. The zero-order valence-electron chi connectivity index (χ0n) is 14.1. The van der Waals surface area contributed by atoms with Crippen molar-refractivity contribution < 1.29 is 27.7 Å². The van der Waals surface area contributed by atoms with Crippen LogP contribution in [0.5, 0.6) is 0 Å². The van der Waals surface area contributed by atoms with Crippen LogP contribution in [0.2, 0.25) is 10.0 Å². The van der Waals surface area contributed by atoms with Crippen LogP contribution < -0.4 is 5.32 Å². The number of sulfone groups is 1. The topological polar surface area (TPSA) is 133 Å². The maximum Gasteiger partial charge on any atom is 0.338 e. The minimum absolute atomic E-state index is 0.211. The normalized spacial score (nSPS) is 11.0. The van der Waals surface area contributed by atoms with Crippen LogP contribution in [0.4, 0.5) is 11.4 Å². The smallest absolute Gasteiger partial charge is 0.338 e. The molecule has 2 aromatic carbocycles. The molecule has 2 aromatic rings. The van der Waals surface area contributed by atoms with E-state index in [1.54, 1.807) is 0 Å². The summed E-state index contributed by atoms with van der Waals surface area (Å²) in [6.45, 7) is -0.705. The van der Waals surface area contributed by atoms with Gasteiger partial charge >= 0.3 is 5.97 Å². The lowest BCUT2D eigenvalue weighted by Crippen LogP contribution is -2.21. The first-order valence-corrected chi connectivity index (χ1v) is 10.0. The number of nitrogens with one attached hydrogen (secondary N) is 1. The number of amides is 1. The molecule has 0 aliphatic rings. The summed E-state index contributed by atoms with van der Waals surface area (Å²) in [4.78, 5) is 33.5. The molecule has 0 aliphatic carbocycles. The third-order valence-electron chi connectivity index (χ3n) is 3.33. The Labute approximate surface area is 169 Å². The average molecular weight is 447 g/mol. The number of anilines is 1. The van der Waals surface area contributed by atoms with Gasteiger partial charge in [0.25, 0.3) is 11.6 Å². The van der Waals surface area contributed by atoms with E-state index < -0.39 is 43.8 Å². The van der Waals surface area contributed by atoms with Crippen molar-refractivity contribution in [3.05, 3.63) is 62.1 Å². The van der Waals surface area contributed by atoms with Gasteiger partial charge in [0.1, 0.15) is 4.90 Å². The van der Waals surface area contributed by atoms with Crippen molar-refractivity contribution in [1.29, 1.82) is 0 Å². The minimum atomic E-state index is -3.87. The number of nitro groups is 1. The Morgan fingerprint density at radius 1 is 1.18 bits per heavy atom. The molecule has 0 aliphatic heterocycles. The van der Waals surface area contributed by atoms with Crippen LogP contribution in [-0.2, 0) is 19.4 Å². The maximum atomic E-state index is 12.0. The largest absolute Gasteiger partial charge is 0.452 e. The van der Waals surface area contributed by atoms with E-state index in [0.717, 1.165) is 24.5 Å². The van der Waals surface area contributed by atoms with Crippen molar-refractivity contribution >= 4 is 56.3 Å². The highest BCUT2D eigenvalue weighted by atomic mass is 35.5. The van der Waals surface area contributed by atoms with E-state index in [2.05, 4.69) is 5.32 Å². The van der Waals surface area contributed by atoms with Gasteiger partial charge in [-0.3, -0.25) is 14.9 Å². The summed E-state index contributed by atoms with van der Waals surface area (Å²) in [5.41, 5.74) is -0.844. The average Bonchev–Trinajstić information content (AvgIpc) is 2.61. The second-order valence-electron chi connectivity index (χ2n) is 5.46. The second kappa shape index (κ2) is 8.55. The summed E-state index contributed by atoms with van der Waals surface area (Å²) in [7, 11) is -3.87. The van der Waals surface area contributed by atoms with Crippen LogP contribution in [0.25, 0.3) is 0 Å². The van der Waals surface area contributed by atoms with Crippen LogP contribution in [0, 0.1) is 10.1 Å². The summed E-state index contributed by atoms with van der Waals surface area (Å²) in [5, 5.41) is 14.0. The second-order valence-corrected chi connectivity index (χ2v) is 8.29. The monoisotopic (exact) mass is 446 g/mol. The Hall–Kier alpha value is -2.69. The third-order valence-corrected chi connectivity index (χ3v) is 5.04. The molecule has 1 N–H and O–H groups in total. The fourth-order valence-corrected chi connectivity index (χ4v) is 3.26. The van der Waals surface area contributed by atoms with Crippen LogP contribution in [0.15, 0.2) is 41.3 Å². The van der Waals surface area contributed by atoms with Gasteiger partial charge in [0.05, 0.1) is 21.2 Å². The predicted octanol–water partition coefficient (Wildman–Crippen LogP) is 3.10. The first-order valence-electron chi connectivity index (χ1n) is 7.39. The van der Waals surface area contributed by atoms with Gasteiger partial charge in [-0.05, 0) is 30.3 Å². The Kier molecular flexibility index (Phi) is 6.60. The molecule has 0 atom stereocenters. The van der Waals surface area contributed by atoms with Crippen molar-refractivity contribution in [3.8, 4) is 0 Å². The molecule has 0 spiro atoms. The van der Waals surface area contributed by atoms with Crippen molar-refractivity contribution in [2.45, 2.75) is 4.90 Å². The van der Waals surface area contributed by atoms with Gasteiger partial charge in [-0.15, -0.1) is 0 Å². The first kappa shape index (κ1) is 21.6. The molecule has 1 amide bonds. The van der Waals surface area contributed by atoms with E-state index in [4.69, 9.17) is 27.9 Å². The van der Waals surface area contributed by atoms with Crippen molar-refractivity contribution in [2.75, 3.05) is 18.2 Å². The molecule has 0 aromatic heterocycles. The van der Waals surface area contributed by atoms with Gasteiger partial charge in [0, 0.05) is 17.3 Å². The van der Waals surface area contributed by atoms with Crippen LogP contribution in [-0.4, -0.2) is 38.1 Å². The number of carbonyl (C=O) groups excluding carboxylic acids is 2. The number of nitrogens with zero attached hydrogens (tertiary/aromatic N) is 1. The molecular formula is C16H12Cl2N2O7S. The lowest BCUT2D eigenvalue weighted by Gasteiger charge is -2.09. The number of halogens is 2. The highest BCUT2D eigenvalue weighted by Gasteiger charge is 2.24. The van der Waals surface area contributed by atoms with E-state index in [-0.39, 0.29) is 16.3 Å². The number of nitro benzene ring substituents is 1. The molecule has 9 nitrogen and oxygen atoms in total. The molecule has 28 heavy (non-hydrogen) atoms. The Bertz CT molecular complexity index is 1070.